The van der Waals surface area contributed by atoms with Gasteiger partial charge in [0.2, 0.25) is 13.6 Å². The molecule has 2 aliphatic heterocycles. The van der Waals surface area contributed by atoms with Gasteiger partial charge in [-0.05, 0) is 35.9 Å². The van der Waals surface area contributed by atoms with Crippen LogP contribution < -0.4 is 18.9 Å². The molecule has 0 aromatic heterocycles. The van der Waals surface area contributed by atoms with Gasteiger partial charge < -0.3 is 24.1 Å². The number of Topliss-reactive ketones (excluding diaryl/α,β-unsaturated/α-hetero) is 1. The molecular formula is C16H12O6. The standard InChI is InChI=1S/C16H12O6/c17-15(9-1-3-11-13(5-9)21-7-19-11)16(18)10-2-4-12-14(6-10)22-8-20-12/h1-6,15,17H,7-8H2/t15-/m1/s1. The lowest BCUT2D eigenvalue weighted by Gasteiger charge is -2.11. The molecule has 0 saturated heterocycles. The molecule has 0 radical (unpaired) electrons. The molecule has 0 aliphatic carbocycles. The van der Waals surface area contributed by atoms with E-state index in [1.807, 2.05) is 0 Å². The van der Waals surface area contributed by atoms with E-state index >= 15 is 0 Å². The van der Waals surface area contributed by atoms with Crippen LogP contribution in [0.5, 0.6) is 23.0 Å². The topological polar surface area (TPSA) is 74.2 Å². The van der Waals surface area contributed by atoms with Crippen LogP contribution in [0.1, 0.15) is 22.0 Å². The van der Waals surface area contributed by atoms with E-state index in [9.17, 15) is 9.90 Å². The van der Waals surface area contributed by atoms with Gasteiger partial charge in [-0.25, -0.2) is 0 Å². The zero-order valence-electron chi connectivity index (χ0n) is 11.4. The Hall–Kier alpha value is -2.73. The zero-order valence-corrected chi connectivity index (χ0v) is 11.4. The van der Waals surface area contributed by atoms with Crippen molar-refractivity contribution in [2.45, 2.75) is 6.10 Å². The Morgan fingerprint density at radius 2 is 1.45 bits per heavy atom. The number of aliphatic hydroxyl groups is 1. The summed E-state index contributed by atoms with van der Waals surface area (Å²) >= 11 is 0. The maximum absolute atomic E-state index is 12.4. The number of ether oxygens (including phenoxy) is 4. The van der Waals surface area contributed by atoms with E-state index in [4.69, 9.17) is 18.9 Å². The normalized spacial score (nSPS) is 15.7. The summed E-state index contributed by atoms with van der Waals surface area (Å²) < 4.78 is 20.9. The number of benzene rings is 2. The van der Waals surface area contributed by atoms with Gasteiger partial charge in [0.05, 0.1) is 0 Å². The maximum atomic E-state index is 12.4. The van der Waals surface area contributed by atoms with Gasteiger partial charge in [0.15, 0.2) is 28.8 Å². The van der Waals surface area contributed by atoms with Crippen molar-refractivity contribution in [2.75, 3.05) is 13.6 Å². The second kappa shape index (κ2) is 4.92. The minimum Gasteiger partial charge on any atom is -0.454 e. The predicted molar refractivity (Wildman–Crippen MR) is 74.4 cm³/mol. The van der Waals surface area contributed by atoms with Crippen molar-refractivity contribution in [2.24, 2.45) is 0 Å². The number of carbonyl (C=O) groups is 1. The number of fused-ring (bicyclic) bond motifs is 2. The third kappa shape index (κ3) is 2.05. The van der Waals surface area contributed by atoms with E-state index in [1.165, 1.54) is 0 Å². The molecule has 2 aromatic carbocycles. The lowest BCUT2D eigenvalue weighted by molar-refractivity contribution is 0.0747. The van der Waals surface area contributed by atoms with Gasteiger partial charge in [-0.15, -0.1) is 0 Å². The maximum Gasteiger partial charge on any atom is 0.231 e. The molecule has 0 saturated carbocycles. The van der Waals surface area contributed by atoms with Crippen LogP contribution in [0.3, 0.4) is 0 Å². The summed E-state index contributed by atoms with van der Waals surface area (Å²) in [6.45, 7) is 0.280. The molecule has 6 heteroatoms. The number of ketones is 1. The molecule has 0 amide bonds. The van der Waals surface area contributed by atoms with Crippen molar-refractivity contribution in [1.82, 2.24) is 0 Å². The van der Waals surface area contributed by atoms with Gasteiger partial charge in [0.25, 0.3) is 0 Å². The Balaban J connectivity index is 1.62. The van der Waals surface area contributed by atoms with Gasteiger partial charge in [-0.2, -0.15) is 0 Å². The van der Waals surface area contributed by atoms with Gasteiger partial charge in [-0.3, -0.25) is 4.79 Å². The molecule has 22 heavy (non-hydrogen) atoms. The molecule has 0 spiro atoms. The SMILES string of the molecule is O=C(c1ccc2c(c1)OCO2)[C@H](O)c1ccc2c(c1)OCO2. The van der Waals surface area contributed by atoms with Crippen molar-refractivity contribution in [1.29, 1.82) is 0 Å². The largest absolute Gasteiger partial charge is 0.454 e. The summed E-state index contributed by atoms with van der Waals surface area (Å²) in [6.07, 6.45) is -1.28. The lowest BCUT2D eigenvalue weighted by atomic mass is 9.99. The van der Waals surface area contributed by atoms with Crippen LogP contribution in [0.15, 0.2) is 36.4 Å². The molecule has 1 N–H and O–H groups in total. The van der Waals surface area contributed by atoms with Crippen molar-refractivity contribution in [3.8, 4) is 23.0 Å². The van der Waals surface area contributed by atoms with E-state index in [-0.39, 0.29) is 13.6 Å². The minimum absolute atomic E-state index is 0.137. The summed E-state index contributed by atoms with van der Waals surface area (Å²) in [5.74, 6) is 1.80. The number of aliphatic hydroxyl groups excluding tert-OH is 1. The molecule has 6 nitrogen and oxygen atoms in total. The summed E-state index contributed by atoms with van der Waals surface area (Å²) in [4.78, 5) is 12.4. The Morgan fingerprint density at radius 1 is 0.864 bits per heavy atom. The summed E-state index contributed by atoms with van der Waals surface area (Å²) in [7, 11) is 0. The second-order valence-electron chi connectivity index (χ2n) is 4.95. The zero-order chi connectivity index (χ0) is 15.1. The Kier molecular flexibility index (Phi) is 2.90. The summed E-state index contributed by atoms with van der Waals surface area (Å²) in [5, 5.41) is 10.3. The first-order valence-electron chi connectivity index (χ1n) is 6.74. The number of carbonyl (C=O) groups excluding carboxylic acids is 1. The van der Waals surface area contributed by atoms with Crippen LogP contribution in [0.4, 0.5) is 0 Å². The van der Waals surface area contributed by atoms with Crippen LogP contribution >= 0.6 is 0 Å². The molecule has 2 aromatic rings. The van der Waals surface area contributed by atoms with E-state index in [1.54, 1.807) is 36.4 Å². The molecular weight excluding hydrogens is 288 g/mol. The quantitative estimate of drug-likeness (QED) is 0.875. The van der Waals surface area contributed by atoms with Gasteiger partial charge in [-0.1, -0.05) is 6.07 Å². The first-order valence-corrected chi connectivity index (χ1v) is 6.74. The highest BCUT2D eigenvalue weighted by molar-refractivity contribution is 6.00. The third-order valence-corrected chi connectivity index (χ3v) is 3.62. The number of hydrogen-bond donors (Lipinski definition) is 1. The molecule has 0 unspecified atom stereocenters. The van der Waals surface area contributed by atoms with Crippen LogP contribution in [0, 0.1) is 0 Å². The van der Waals surface area contributed by atoms with Crippen LogP contribution in [-0.4, -0.2) is 24.5 Å². The first-order chi connectivity index (χ1) is 10.7. The van der Waals surface area contributed by atoms with Crippen LogP contribution in [0.2, 0.25) is 0 Å². The van der Waals surface area contributed by atoms with Crippen molar-refractivity contribution >= 4 is 5.78 Å². The lowest BCUT2D eigenvalue weighted by Crippen LogP contribution is -2.12. The number of rotatable bonds is 3. The fraction of sp³-hybridized carbons (Fsp3) is 0.188. The molecule has 112 valence electrons. The Labute approximate surface area is 125 Å². The van der Waals surface area contributed by atoms with Crippen molar-refractivity contribution in [3.05, 3.63) is 47.5 Å². The van der Waals surface area contributed by atoms with E-state index in [2.05, 4.69) is 0 Å². The highest BCUT2D eigenvalue weighted by Gasteiger charge is 2.24. The van der Waals surface area contributed by atoms with Gasteiger partial charge >= 0.3 is 0 Å². The average Bonchev–Trinajstić information content (AvgIpc) is 3.20. The Bertz CT molecular complexity index is 754. The van der Waals surface area contributed by atoms with Gasteiger partial charge in [0.1, 0.15) is 6.10 Å². The van der Waals surface area contributed by atoms with Crippen LogP contribution in [-0.2, 0) is 0 Å². The third-order valence-electron chi connectivity index (χ3n) is 3.62. The van der Waals surface area contributed by atoms with Crippen molar-refractivity contribution in [3.63, 3.8) is 0 Å². The molecule has 2 aliphatic rings. The predicted octanol–water partition coefficient (Wildman–Crippen LogP) is 2.06. The fourth-order valence-corrected chi connectivity index (χ4v) is 2.44. The summed E-state index contributed by atoms with van der Waals surface area (Å²) in [5.41, 5.74) is 0.807. The molecule has 2 heterocycles. The van der Waals surface area contributed by atoms with Crippen molar-refractivity contribution < 1.29 is 28.8 Å². The molecule has 0 bridgehead atoms. The molecule has 1 atom stereocenters. The monoisotopic (exact) mass is 300 g/mol. The highest BCUT2D eigenvalue weighted by atomic mass is 16.7. The van der Waals surface area contributed by atoms with E-state index in [0.29, 0.717) is 34.1 Å². The smallest absolute Gasteiger partial charge is 0.231 e. The fourth-order valence-electron chi connectivity index (χ4n) is 2.44. The van der Waals surface area contributed by atoms with E-state index < -0.39 is 11.9 Å². The number of hydrogen-bond acceptors (Lipinski definition) is 6. The summed E-state index contributed by atoms with van der Waals surface area (Å²) in [6, 6.07) is 9.75. The first kappa shape index (κ1) is 13.0. The highest BCUT2D eigenvalue weighted by Crippen LogP contribution is 2.36. The Morgan fingerprint density at radius 3 is 2.18 bits per heavy atom. The van der Waals surface area contributed by atoms with Gasteiger partial charge in [0, 0.05) is 5.56 Å². The van der Waals surface area contributed by atoms with E-state index in [0.717, 1.165) is 0 Å². The average molecular weight is 300 g/mol. The minimum atomic E-state index is -1.28. The second-order valence-corrected chi connectivity index (χ2v) is 4.95. The molecule has 4 rings (SSSR count). The van der Waals surface area contributed by atoms with Crippen LogP contribution in [0.25, 0.3) is 0 Å². The molecule has 0 fully saturated rings.